The minimum absolute atomic E-state index is 0.142. The number of aryl methyl sites for hydroxylation is 1. The van der Waals surface area contributed by atoms with Crippen LogP contribution in [-0.2, 0) is 0 Å². The van der Waals surface area contributed by atoms with E-state index in [0.29, 0.717) is 31.2 Å². The van der Waals surface area contributed by atoms with Gasteiger partial charge in [0.15, 0.2) is 5.96 Å². The van der Waals surface area contributed by atoms with Crippen molar-refractivity contribution in [1.29, 1.82) is 0 Å². The largest absolute Gasteiger partial charge is 0.401 e. The molecule has 1 heterocycles. The lowest BCUT2D eigenvalue weighted by molar-refractivity contribution is -0.143. The molecule has 1 aromatic carbocycles. The second-order valence-electron chi connectivity index (χ2n) is 6.83. The zero-order valence-electron chi connectivity index (χ0n) is 15.3. The SMILES string of the molecule is CN=C(NCC1CCN(CC(F)(F)F)C1)NC(C)c1ccc(C)c(F)c1. The maximum atomic E-state index is 13.7. The first-order chi connectivity index (χ1) is 12.2. The third-order valence-electron chi connectivity index (χ3n) is 4.60. The molecule has 1 aromatic rings. The Morgan fingerprint density at radius 3 is 2.73 bits per heavy atom. The Balaban J connectivity index is 1.82. The zero-order chi connectivity index (χ0) is 19.3. The Bertz CT molecular complexity index is 630. The van der Waals surface area contributed by atoms with Crippen LogP contribution in [0.3, 0.4) is 0 Å². The monoisotopic (exact) mass is 374 g/mol. The molecular formula is C18H26F4N4. The van der Waals surface area contributed by atoms with Gasteiger partial charge in [-0.3, -0.25) is 9.89 Å². The Hall–Kier alpha value is -1.83. The molecule has 2 N–H and O–H groups in total. The predicted octanol–water partition coefficient (Wildman–Crippen LogP) is 3.24. The Kier molecular flexibility index (Phi) is 6.86. The summed E-state index contributed by atoms with van der Waals surface area (Å²) < 4.78 is 51.1. The van der Waals surface area contributed by atoms with Crippen molar-refractivity contribution in [3.05, 3.63) is 35.1 Å². The molecule has 8 heteroatoms. The van der Waals surface area contributed by atoms with Crippen LogP contribution in [0.5, 0.6) is 0 Å². The van der Waals surface area contributed by atoms with E-state index in [1.807, 2.05) is 13.0 Å². The number of aliphatic imine (C=N–C) groups is 1. The summed E-state index contributed by atoms with van der Waals surface area (Å²) in [6.07, 6.45) is -3.43. The highest BCUT2D eigenvalue weighted by atomic mass is 19.4. The summed E-state index contributed by atoms with van der Waals surface area (Å²) in [5.74, 6) is 0.436. The van der Waals surface area contributed by atoms with Crippen molar-refractivity contribution >= 4 is 5.96 Å². The van der Waals surface area contributed by atoms with Crippen LogP contribution in [0.1, 0.15) is 30.5 Å². The van der Waals surface area contributed by atoms with Crippen LogP contribution >= 0.6 is 0 Å². The van der Waals surface area contributed by atoms with E-state index in [4.69, 9.17) is 0 Å². The van der Waals surface area contributed by atoms with Crippen LogP contribution in [0.4, 0.5) is 17.6 Å². The smallest absolute Gasteiger partial charge is 0.356 e. The van der Waals surface area contributed by atoms with Gasteiger partial charge in [-0.1, -0.05) is 12.1 Å². The van der Waals surface area contributed by atoms with E-state index in [9.17, 15) is 17.6 Å². The van der Waals surface area contributed by atoms with Crippen LogP contribution in [0, 0.1) is 18.7 Å². The standard InChI is InChI=1S/C18H26F4N4/c1-12-4-5-15(8-16(12)19)13(2)25-17(23-3)24-9-14-6-7-26(10-14)11-18(20,21)22/h4-5,8,13-14H,6-7,9-11H2,1-3H3,(H2,23,24,25). The van der Waals surface area contributed by atoms with E-state index in [2.05, 4.69) is 15.6 Å². The van der Waals surface area contributed by atoms with Crippen molar-refractivity contribution in [1.82, 2.24) is 15.5 Å². The Morgan fingerprint density at radius 1 is 1.38 bits per heavy atom. The summed E-state index contributed by atoms with van der Waals surface area (Å²) in [5, 5.41) is 6.34. The van der Waals surface area contributed by atoms with E-state index in [-0.39, 0.29) is 17.8 Å². The van der Waals surface area contributed by atoms with Gasteiger partial charge in [-0.25, -0.2) is 4.39 Å². The van der Waals surface area contributed by atoms with Gasteiger partial charge in [0.1, 0.15) is 5.82 Å². The minimum Gasteiger partial charge on any atom is -0.356 e. The maximum absolute atomic E-state index is 13.7. The highest BCUT2D eigenvalue weighted by Crippen LogP contribution is 2.22. The van der Waals surface area contributed by atoms with Gasteiger partial charge in [0.2, 0.25) is 0 Å². The number of guanidine groups is 1. The average Bonchev–Trinajstić information content (AvgIpc) is 2.99. The first-order valence-electron chi connectivity index (χ1n) is 8.70. The van der Waals surface area contributed by atoms with Crippen molar-refractivity contribution in [2.75, 3.05) is 33.2 Å². The summed E-state index contributed by atoms with van der Waals surface area (Å²) >= 11 is 0. The first-order valence-corrected chi connectivity index (χ1v) is 8.70. The lowest BCUT2D eigenvalue weighted by atomic mass is 10.1. The van der Waals surface area contributed by atoms with E-state index in [1.165, 1.54) is 11.0 Å². The fourth-order valence-electron chi connectivity index (χ4n) is 3.08. The second-order valence-corrected chi connectivity index (χ2v) is 6.83. The molecule has 0 amide bonds. The van der Waals surface area contributed by atoms with Gasteiger partial charge in [0, 0.05) is 20.1 Å². The average molecular weight is 374 g/mol. The van der Waals surface area contributed by atoms with E-state index in [0.717, 1.165) is 12.0 Å². The van der Waals surface area contributed by atoms with E-state index < -0.39 is 12.7 Å². The number of hydrogen-bond donors (Lipinski definition) is 2. The fraction of sp³-hybridized carbons (Fsp3) is 0.611. The fourth-order valence-corrected chi connectivity index (χ4v) is 3.08. The van der Waals surface area contributed by atoms with Gasteiger partial charge in [0.05, 0.1) is 12.6 Å². The normalized spacial score (nSPS) is 20.3. The molecule has 26 heavy (non-hydrogen) atoms. The van der Waals surface area contributed by atoms with Crippen molar-refractivity contribution in [3.8, 4) is 0 Å². The first kappa shape index (κ1) is 20.5. The number of benzene rings is 1. The van der Waals surface area contributed by atoms with Crippen molar-refractivity contribution < 1.29 is 17.6 Å². The van der Waals surface area contributed by atoms with Gasteiger partial charge in [0.25, 0.3) is 0 Å². The lowest BCUT2D eigenvalue weighted by Crippen LogP contribution is -2.41. The summed E-state index contributed by atoms with van der Waals surface area (Å²) in [5.41, 5.74) is 1.39. The lowest BCUT2D eigenvalue weighted by Gasteiger charge is -2.21. The molecule has 0 aromatic heterocycles. The van der Waals surface area contributed by atoms with E-state index >= 15 is 0 Å². The molecule has 2 atom stereocenters. The molecule has 0 radical (unpaired) electrons. The van der Waals surface area contributed by atoms with Gasteiger partial charge in [-0.15, -0.1) is 0 Å². The van der Waals surface area contributed by atoms with Gasteiger partial charge in [-0.2, -0.15) is 13.2 Å². The quantitative estimate of drug-likeness (QED) is 0.472. The van der Waals surface area contributed by atoms with Crippen molar-refractivity contribution in [3.63, 3.8) is 0 Å². The molecule has 4 nitrogen and oxygen atoms in total. The molecule has 1 aliphatic heterocycles. The number of alkyl halides is 3. The number of likely N-dealkylation sites (tertiary alicyclic amines) is 1. The Labute approximate surface area is 151 Å². The van der Waals surface area contributed by atoms with Gasteiger partial charge < -0.3 is 10.6 Å². The van der Waals surface area contributed by atoms with Gasteiger partial charge >= 0.3 is 6.18 Å². The molecule has 146 valence electrons. The molecule has 1 fully saturated rings. The topological polar surface area (TPSA) is 39.7 Å². The van der Waals surface area contributed by atoms with Crippen LogP contribution in [0.25, 0.3) is 0 Å². The van der Waals surface area contributed by atoms with Gasteiger partial charge in [-0.05, 0) is 49.9 Å². The molecule has 2 unspecified atom stereocenters. The molecule has 0 aliphatic carbocycles. The van der Waals surface area contributed by atoms with Crippen LogP contribution < -0.4 is 10.6 Å². The number of nitrogens with zero attached hydrogens (tertiary/aromatic N) is 2. The molecule has 0 spiro atoms. The highest BCUT2D eigenvalue weighted by Gasteiger charge is 2.34. The minimum atomic E-state index is -4.15. The third-order valence-corrected chi connectivity index (χ3v) is 4.60. The summed E-state index contributed by atoms with van der Waals surface area (Å²) in [7, 11) is 1.63. The maximum Gasteiger partial charge on any atom is 0.401 e. The number of nitrogens with one attached hydrogen (secondary N) is 2. The molecule has 0 bridgehead atoms. The number of halogens is 4. The highest BCUT2D eigenvalue weighted by molar-refractivity contribution is 5.80. The molecular weight excluding hydrogens is 348 g/mol. The summed E-state index contributed by atoms with van der Waals surface area (Å²) in [6.45, 7) is 4.17. The predicted molar refractivity (Wildman–Crippen MR) is 94.7 cm³/mol. The second kappa shape index (κ2) is 8.70. The number of hydrogen-bond acceptors (Lipinski definition) is 2. The molecule has 0 saturated carbocycles. The third kappa shape index (κ3) is 6.16. The molecule has 1 saturated heterocycles. The van der Waals surface area contributed by atoms with Crippen molar-refractivity contribution in [2.45, 2.75) is 32.5 Å². The van der Waals surface area contributed by atoms with Crippen LogP contribution in [0.15, 0.2) is 23.2 Å². The molecule has 2 rings (SSSR count). The summed E-state index contributed by atoms with van der Waals surface area (Å²) in [6, 6.07) is 4.93. The Morgan fingerprint density at radius 2 is 2.12 bits per heavy atom. The van der Waals surface area contributed by atoms with Crippen LogP contribution in [0.2, 0.25) is 0 Å². The van der Waals surface area contributed by atoms with Crippen LogP contribution in [-0.4, -0.2) is 50.3 Å². The van der Waals surface area contributed by atoms with E-state index in [1.54, 1.807) is 20.0 Å². The summed E-state index contributed by atoms with van der Waals surface area (Å²) in [4.78, 5) is 5.57. The van der Waals surface area contributed by atoms with Crippen molar-refractivity contribution in [2.24, 2.45) is 10.9 Å². The molecule has 1 aliphatic rings. The number of rotatable bonds is 5. The zero-order valence-corrected chi connectivity index (χ0v) is 15.3.